The van der Waals surface area contributed by atoms with Crippen LogP contribution in [0.4, 0.5) is 13.2 Å². The zero-order chi connectivity index (χ0) is 28.0. The average molecular weight is 551 g/mol. The fourth-order valence-electron chi connectivity index (χ4n) is 3.11. The normalized spacial score (nSPS) is 11.5. The molecule has 0 aliphatic carbocycles. The van der Waals surface area contributed by atoms with Gasteiger partial charge in [0.2, 0.25) is 0 Å². The summed E-state index contributed by atoms with van der Waals surface area (Å²) in [7, 11) is -4.98. The average Bonchev–Trinajstić information content (AvgIpc) is 2.81. The number of phosphoric ester groups is 1. The van der Waals surface area contributed by atoms with Crippen LogP contribution in [0.1, 0.15) is 130 Å². The van der Waals surface area contributed by atoms with E-state index in [1.807, 2.05) is 0 Å². The Morgan fingerprint density at radius 1 is 0.583 bits per heavy atom. The van der Waals surface area contributed by atoms with Gasteiger partial charge in [0.25, 0.3) is 0 Å². The summed E-state index contributed by atoms with van der Waals surface area (Å²) in [6, 6.07) is 0. The first-order valence-electron chi connectivity index (χ1n) is 14.2. The maximum Gasteiger partial charge on any atom is 0.469 e. The van der Waals surface area contributed by atoms with E-state index in [0.717, 1.165) is 0 Å². The van der Waals surface area contributed by atoms with Gasteiger partial charge in [0.1, 0.15) is 0 Å². The molecule has 0 unspecified atom stereocenters. The minimum atomic E-state index is -4.98. The van der Waals surface area contributed by atoms with Crippen LogP contribution in [0.5, 0.6) is 0 Å². The number of halogens is 3. The Labute approximate surface area is 220 Å². The van der Waals surface area contributed by atoms with E-state index < -0.39 is 20.6 Å². The van der Waals surface area contributed by atoms with E-state index in [0.29, 0.717) is 0 Å². The highest BCUT2D eigenvalue weighted by Crippen LogP contribution is 2.37. The summed E-state index contributed by atoms with van der Waals surface area (Å²) in [5.41, 5.74) is 0. The van der Waals surface area contributed by atoms with Gasteiger partial charge in [-0.1, -0.05) is 105 Å². The number of alkyl halides is 3. The van der Waals surface area contributed by atoms with Crippen LogP contribution in [0.2, 0.25) is 0 Å². The second-order valence-corrected chi connectivity index (χ2v) is 10.4. The van der Waals surface area contributed by atoms with Crippen molar-refractivity contribution in [3.8, 4) is 0 Å². The second-order valence-electron chi connectivity index (χ2n) is 9.12. The van der Waals surface area contributed by atoms with Gasteiger partial charge in [-0.15, -0.1) is 0 Å². The van der Waals surface area contributed by atoms with Gasteiger partial charge in [-0.25, -0.2) is 4.57 Å². The Balaban J connectivity index is -0.000000459. The smallest absolute Gasteiger partial charge is 0.317 e. The van der Waals surface area contributed by atoms with Crippen molar-refractivity contribution in [1.29, 1.82) is 0 Å². The van der Waals surface area contributed by atoms with Crippen molar-refractivity contribution < 1.29 is 32.0 Å². The third kappa shape index (κ3) is 50.6. The van der Waals surface area contributed by atoms with Crippen molar-refractivity contribution >= 4 is 7.82 Å². The minimum Gasteiger partial charge on any atom is -0.317 e. The predicted octanol–water partition coefficient (Wildman–Crippen LogP) is 8.13. The predicted molar refractivity (Wildman–Crippen MR) is 146 cm³/mol. The molecule has 0 atom stereocenters. The molecule has 0 radical (unpaired) electrons. The molecule has 222 valence electrons. The van der Waals surface area contributed by atoms with Crippen LogP contribution in [0.3, 0.4) is 0 Å². The molecule has 6 nitrogen and oxygen atoms in total. The molecule has 0 aliphatic heterocycles. The van der Waals surface area contributed by atoms with Crippen LogP contribution >= 0.6 is 7.82 Å². The zero-order valence-electron chi connectivity index (χ0n) is 23.6. The SMILES string of the molecule is CCCCCCNCCCCCC.CCCCCCNCCCCCC.O=P(O)(O)OCC(F)(F)F. The van der Waals surface area contributed by atoms with Gasteiger partial charge in [-0.3, -0.25) is 4.52 Å². The standard InChI is InChI=1S/2C12H27N.C2H4F3O4P/c2*1-3-5-7-9-11-13-12-10-8-6-4-2;3-2(4,5)1-9-10(6,7)8/h2*13H,3-12H2,1-2H3;1H2,(H2,6,7,8). The topological polar surface area (TPSA) is 90.8 Å². The molecule has 0 aromatic rings. The summed E-state index contributed by atoms with van der Waals surface area (Å²) in [5, 5.41) is 7.01. The van der Waals surface area contributed by atoms with Crippen molar-refractivity contribution in [3.05, 3.63) is 0 Å². The van der Waals surface area contributed by atoms with Crippen molar-refractivity contribution in [1.82, 2.24) is 10.6 Å². The number of unbranched alkanes of at least 4 members (excludes halogenated alkanes) is 12. The van der Waals surface area contributed by atoms with Crippen molar-refractivity contribution in [2.45, 2.75) is 137 Å². The fourth-order valence-corrected chi connectivity index (χ4v) is 3.43. The van der Waals surface area contributed by atoms with E-state index in [2.05, 4.69) is 42.9 Å². The summed E-state index contributed by atoms with van der Waals surface area (Å²) in [6.45, 7) is 12.0. The summed E-state index contributed by atoms with van der Waals surface area (Å²) < 4.78 is 46.1. The van der Waals surface area contributed by atoms with Crippen LogP contribution in [0, 0.1) is 0 Å². The van der Waals surface area contributed by atoms with E-state index in [9.17, 15) is 17.7 Å². The van der Waals surface area contributed by atoms with E-state index in [-0.39, 0.29) is 0 Å². The first-order valence-corrected chi connectivity index (χ1v) is 15.7. The van der Waals surface area contributed by atoms with Gasteiger partial charge >= 0.3 is 14.0 Å². The van der Waals surface area contributed by atoms with Crippen molar-refractivity contribution in [3.63, 3.8) is 0 Å². The third-order valence-electron chi connectivity index (χ3n) is 5.22. The van der Waals surface area contributed by atoms with E-state index in [4.69, 9.17) is 9.79 Å². The zero-order valence-corrected chi connectivity index (χ0v) is 24.5. The van der Waals surface area contributed by atoms with Gasteiger partial charge in [-0.2, -0.15) is 13.2 Å². The minimum absolute atomic E-state index is 1.23. The highest BCUT2D eigenvalue weighted by atomic mass is 31.2. The number of rotatable bonds is 22. The highest BCUT2D eigenvalue weighted by Gasteiger charge is 2.31. The molecular formula is C26H58F3N2O4P. The number of hydrogen-bond donors (Lipinski definition) is 4. The van der Waals surface area contributed by atoms with Gasteiger partial charge in [0.15, 0.2) is 6.61 Å². The number of hydrogen-bond acceptors (Lipinski definition) is 4. The number of phosphoric acid groups is 1. The van der Waals surface area contributed by atoms with Crippen LogP contribution in [0.15, 0.2) is 0 Å². The molecule has 4 N–H and O–H groups in total. The lowest BCUT2D eigenvalue weighted by Crippen LogP contribution is -2.16. The summed E-state index contributed by atoms with van der Waals surface area (Å²) in [4.78, 5) is 15.5. The Morgan fingerprint density at radius 3 is 1.03 bits per heavy atom. The first-order chi connectivity index (χ1) is 17.0. The monoisotopic (exact) mass is 550 g/mol. The molecule has 0 saturated heterocycles. The van der Waals surface area contributed by atoms with Gasteiger partial charge < -0.3 is 20.4 Å². The quantitative estimate of drug-likeness (QED) is 0.0804. The van der Waals surface area contributed by atoms with E-state index >= 15 is 0 Å². The van der Waals surface area contributed by atoms with Crippen LogP contribution in [-0.2, 0) is 9.09 Å². The Morgan fingerprint density at radius 2 is 0.861 bits per heavy atom. The lowest BCUT2D eigenvalue weighted by molar-refractivity contribution is -0.156. The molecule has 0 saturated carbocycles. The molecule has 0 aliphatic rings. The fraction of sp³-hybridized carbons (Fsp3) is 1.00. The Kier molecular flexibility index (Phi) is 34.8. The molecule has 0 amide bonds. The van der Waals surface area contributed by atoms with Crippen molar-refractivity contribution in [2.24, 2.45) is 0 Å². The summed E-state index contributed by atoms with van der Waals surface area (Å²) >= 11 is 0. The highest BCUT2D eigenvalue weighted by molar-refractivity contribution is 7.46. The van der Waals surface area contributed by atoms with Crippen LogP contribution in [0.25, 0.3) is 0 Å². The molecule has 0 rings (SSSR count). The molecule has 0 fully saturated rings. The largest absolute Gasteiger partial charge is 0.469 e. The molecule has 0 heterocycles. The molecule has 0 aromatic heterocycles. The summed E-state index contributed by atoms with van der Waals surface area (Å²) in [6.07, 6.45) is 17.3. The second kappa shape index (κ2) is 31.0. The summed E-state index contributed by atoms with van der Waals surface area (Å²) in [5.74, 6) is 0. The van der Waals surface area contributed by atoms with E-state index in [1.54, 1.807) is 0 Å². The van der Waals surface area contributed by atoms with Gasteiger partial charge in [0, 0.05) is 0 Å². The first kappa shape index (κ1) is 40.3. The maximum absolute atomic E-state index is 11.1. The Bertz CT molecular complexity index is 411. The van der Waals surface area contributed by atoms with Crippen LogP contribution < -0.4 is 10.6 Å². The molecule has 0 aromatic carbocycles. The lowest BCUT2D eigenvalue weighted by atomic mass is 10.2. The van der Waals surface area contributed by atoms with Crippen LogP contribution in [-0.4, -0.2) is 48.7 Å². The number of nitrogens with one attached hydrogen (secondary N) is 2. The third-order valence-corrected chi connectivity index (χ3v) is 5.69. The molecule has 0 bridgehead atoms. The molecule has 0 spiro atoms. The molecule has 10 heteroatoms. The van der Waals surface area contributed by atoms with Crippen molar-refractivity contribution in [2.75, 3.05) is 32.8 Å². The van der Waals surface area contributed by atoms with E-state index in [1.165, 1.54) is 129 Å². The molecule has 36 heavy (non-hydrogen) atoms. The lowest BCUT2D eigenvalue weighted by Gasteiger charge is -2.07. The van der Waals surface area contributed by atoms with Gasteiger partial charge in [0.05, 0.1) is 0 Å². The maximum atomic E-state index is 11.1. The Hall–Kier alpha value is -0.180. The van der Waals surface area contributed by atoms with Gasteiger partial charge in [-0.05, 0) is 51.9 Å². The molecular weight excluding hydrogens is 492 g/mol.